The molecule has 0 atom stereocenters. The van der Waals surface area contributed by atoms with Gasteiger partial charge in [0, 0.05) is 25.0 Å². The number of para-hydroxylation sites is 1. The fourth-order valence-electron chi connectivity index (χ4n) is 1.67. The van der Waals surface area contributed by atoms with Gasteiger partial charge in [0.1, 0.15) is 5.69 Å². The summed E-state index contributed by atoms with van der Waals surface area (Å²) in [5.74, 6) is 0.550. The van der Waals surface area contributed by atoms with Gasteiger partial charge in [-0.05, 0) is 13.0 Å². The number of nitrogens with one attached hydrogen (secondary N) is 1. The van der Waals surface area contributed by atoms with Gasteiger partial charge in [0.05, 0.1) is 10.5 Å². The minimum absolute atomic E-state index is 0.0251. The summed E-state index contributed by atoms with van der Waals surface area (Å²) in [4.78, 5) is 18.9. The van der Waals surface area contributed by atoms with Crippen molar-refractivity contribution in [1.82, 2.24) is 9.97 Å². The predicted molar refractivity (Wildman–Crippen MR) is 68.3 cm³/mol. The van der Waals surface area contributed by atoms with Crippen molar-refractivity contribution in [2.24, 2.45) is 0 Å². The van der Waals surface area contributed by atoms with Crippen LogP contribution < -0.4 is 5.32 Å². The van der Waals surface area contributed by atoms with E-state index in [4.69, 9.17) is 0 Å². The minimum atomic E-state index is -0.417. The first-order valence-electron chi connectivity index (χ1n) is 5.52. The van der Waals surface area contributed by atoms with Gasteiger partial charge in [0.25, 0.3) is 5.69 Å². The molecular formula is C12H12N4O2. The molecule has 0 aliphatic heterocycles. The van der Waals surface area contributed by atoms with Gasteiger partial charge < -0.3 is 5.32 Å². The van der Waals surface area contributed by atoms with Crippen LogP contribution in [-0.2, 0) is 0 Å². The number of aromatic nitrogens is 2. The zero-order valence-corrected chi connectivity index (χ0v) is 9.83. The number of rotatable bonds is 4. The van der Waals surface area contributed by atoms with Crippen LogP contribution in [0.25, 0.3) is 11.3 Å². The largest absolute Gasteiger partial charge is 0.369 e. The van der Waals surface area contributed by atoms with Gasteiger partial charge >= 0.3 is 0 Å². The van der Waals surface area contributed by atoms with Crippen molar-refractivity contribution in [3.8, 4) is 11.3 Å². The lowest BCUT2D eigenvalue weighted by atomic mass is 10.1. The second kappa shape index (κ2) is 5.22. The Balaban J connectivity index is 2.58. The third-order valence-electron chi connectivity index (χ3n) is 2.40. The molecule has 0 saturated heterocycles. The molecule has 1 aromatic heterocycles. The van der Waals surface area contributed by atoms with Crippen LogP contribution in [0.15, 0.2) is 36.7 Å². The Bertz CT molecular complexity index is 572. The van der Waals surface area contributed by atoms with Crippen LogP contribution in [0.4, 0.5) is 11.5 Å². The Morgan fingerprint density at radius 2 is 2.00 bits per heavy atom. The number of benzene rings is 1. The summed E-state index contributed by atoms with van der Waals surface area (Å²) in [6.45, 7) is 2.60. The quantitative estimate of drug-likeness (QED) is 0.660. The van der Waals surface area contributed by atoms with Crippen LogP contribution in [0.2, 0.25) is 0 Å². The third-order valence-corrected chi connectivity index (χ3v) is 2.40. The first-order chi connectivity index (χ1) is 8.74. The van der Waals surface area contributed by atoms with Crippen LogP contribution in [0.5, 0.6) is 0 Å². The molecule has 2 rings (SSSR count). The molecule has 0 fully saturated rings. The molecule has 1 aromatic carbocycles. The normalized spacial score (nSPS) is 10.1. The number of nitrogens with zero attached hydrogens (tertiary/aromatic N) is 3. The molecule has 0 aliphatic rings. The molecule has 0 bridgehead atoms. The smallest absolute Gasteiger partial charge is 0.278 e. The second-order valence-electron chi connectivity index (χ2n) is 3.56. The lowest BCUT2D eigenvalue weighted by Crippen LogP contribution is -2.03. The van der Waals surface area contributed by atoms with Crippen molar-refractivity contribution in [2.75, 3.05) is 11.9 Å². The number of nitro groups is 1. The SMILES string of the molecule is CCNc1nccnc1-c1ccccc1[N+](=O)[O-]. The van der Waals surface area contributed by atoms with E-state index in [0.717, 1.165) is 0 Å². The fourth-order valence-corrected chi connectivity index (χ4v) is 1.67. The highest BCUT2D eigenvalue weighted by Gasteiger charge is 2.18. The van der Waals surface area contributed by atoms with E-state index >= 15 is 0 Å². The van der Waals surface area contributed by atoms with Crippen LogP contribution in [-0.4, -0.2) is 21.4 Å². The Morgan fingerprint density at radius 3 is 2.72 bits per heavy atom. The van der Waals surface area contributed by atoms with E-state index in [2.05, 4.69) is 15.3 Å². The van der Waals surface area contributed by atoms with Crippen LogP contribution in [0.1, 0.15) is 6.92 Å². The first-order valence-corrected chi connectivity index (χ1v) is 5.52. The summed E-state index contributed by atoms with van der Waals surface area (Å²) in [7, 11) is 0. The maximum absolute atomic E-state index is 11.0. The average Bonchev–Trinajstić information content (AvgIpc) is 2.40. The average molecular weight is 244 g/mol. The highest BCUT2D eigenvalue weighted by molar-refractivity contribution is 5.78. The fraction of sp³-hybridized carbons (Fsp3) is 0.167. The molecule has 0 unspecified atom stereocenters. The van der Waals surface area contributed by atoms with E-state index in [0.29, 0.717) is 23.6 Å². The zero-order valence-electron chi connectivity index (χ0n) is 9.83. The molecule has 0 radical (unpaired) electrons. The van der Waals surface area contributed by atoms with Crippen LogP contribution in [0.3, 0.4) is 0 Å². The maximum atomic E-state index is 11.0. The summed E-state index contributed by atoms with van der Waals surface area (Å²) in [6.07, 6.45) is 3.07. The molecular weight excluding hydrogens is 232 g/mol. The second-order valence-corrected chi connectivity index (χ2v) is 3.56. The van der Waals surface area contributed by atoms with Gasteiger partial charge in [-0.15, -0.1) is 0 Å². The summed E-state index contributed by atoms with van der Waals surface area (Å²) >= 11 is 0. The molecule has 1 heterocycles. The van der Waals surface area contributed by atoms with Crippen LogP contribution in [0, 0.1) is 10.1 Å². The number of hydrogen-bond donors (Lipinski definition) is 1. The van der Waals surface area contributed by atoms with E-state index < -0.39 is 4.92 Å². The molecule has 92 valence electrons. The molecule has 0 saturated carbocycles. The lowest BCUT2D eigenvalue weighted by molar-refractivity contribution is -0.384. The van der Waals surface area contributed by atoms with E-state index in [-0.39, 0.29) is 5.69 Å². The highest BCUT2D eigenvalue weighted by atomic mass is 16.6. The van der Waals surface area contributed by atoms with Gasteiger partial charge in [-0.2, -0.15) is 0 Å². The van der Waals surface area contributed by atoms with E-state index in [1.54, 1.807) is 24.4 Å². The molecule has 18 heavy (non-hydrogen) atoms. The van der Waals surface area contributed by atoms with Gasteiger partial charge in [-0.1, -0.05) is 12.1 Å². The molecule has 1 N–H and O–H groups in total. The monoisotopic (exact) mass is 244 g/mol. The number of anilines is 1. The van der Waals surface area contributed by atoms with Gasteiger partial charge in [-0.25, -0.2) is 4.98 Å². The molecule has 0 aliphatic carbocycles. The molecule has 0 amide bonds. The summed E-state index contributed by atoms with van der Waals surface area (Å²) in [6, 6.07) is 6.50. The topological polar surface area (TPSA) is 81.0 Å². The molecule has 6 nitrogen and oxygen atoms in total. The van der Waals surface area contributed by atoms with E-state index in [1.807, 2.05) is 6.92 Å². The van der Waals surface area contributed by atoms with Crippen molar-refractivity contribution < 1.29 is 4.92 Å². The van der Waals surface area contributed by atoms with Crippen molar-refractivity contribution in [2.45, 2.75) is 6.92 Å². The van der Waals surface area contributed by atoms with E-state index in [1.165, 1.54) is 12.3 Å². The molecule has 6 heteroatoms. The van der Waals surface area contributed by atoms with Crippen molar-refractivity contribution in [3.05, 3.63) is 46.8 Å². The standard InChI is InChI=1S/C12H12N4O2/c1-2-13-12-11(14-7-8-15-12)9-5-3-4-6-10(9)16(17)18/h3-8H,2H2,1H3,(H,13,15). The van der Waals surface area contributed by atoms with Crippen LogP contribution >= 0.6 is 0 Å². The Morgan fingerprint density at radius 1 is 1.28 bits per heavy atom. The predicted octanol–water partition coefficient (Wildman–Crippen LogP) is 2.48. The van der Waals surface area contributed by atoms with Crippen molar-refractivity contribution >= 4 is 11.5 Å². The highest BCUT2D eigenvalue weighted by Crippen LogP contribution is 2.31. The van der Waals surface area contributed by atoms with E-state index in [9.17, 15) is 10.1 Å². The summed E-state index contributed by atoms with van der Waals surface area (Å²) in [5.41, 5.74) is 0.982. The summed E-state index contributed by atoms with van der Waals surface area (Å²) < 4.78 is 0. The molecule has 2 aromatic rings. The summed E-state index contributed by atoms with van der Waals surface area (Å²) in [5, 5.41) is 14.0. The molecule has 0 spiro atoms. The number of nitro benzene ring substituents is 1. The Labute approximate surface area is 104 Å². The zero-order chi connectivity index (χ0) is 13.0. The first kappa shape index (κ1) is 12.0. The maximum Gasteiger partial charge on any atom is 0.278 e. The lowest BCUT2D eigenvalue weighted by Gasteiger charge is -2.08. The van der Waals surface area contributed by atoms with Gasteiger partial charge in [0.2, 0.25) is 0 Å². The Kier molecular flexibility index (Phi) is 3.47. The van der Waals surface area contributed by atoms with Crippen molar-refractivity contribution in [1.29, 1.82) is 0 Å². The van der Waals surface area contributed by atoms with Gasteiger partial charge in [-0.3, -0.25) is 15.1 Å². The van der Waals surface area contributed by atoms with Crippen molar-refractivity contribution in [3.63, 3.8) is 0 Å². The third kappa shape index (κ3) is 2.27. The minimum Gasteiger partial charge on any atom is -0.369 e. The Hall–Kier alpha value is -2.50. The van der Waals surface area contributed by atoms with Gasteiger partial charge in [0.15, 0.2) is 5.82 Å². The number of hydrogen-bond acceptors (Lipinski definition) is 5.